The van der Waals surface area contributed by atoms with Gasteiger partial charge in [-0.3, -0.25) is 9.69 Å². The van der Waals surface area contributed by atoms with Crippen LogP contribution in [0.1, 0.15) is 24.5 Å². The van der Waals surface area contributed by atoms with Crippen molar-refractivity contribution < 1.29 is 22.4 Å². The second kappa shape index (κ2) is 8.64. The van der Waals surface area contributed by atoms with Crippen LogP contribution in [0.5, 0.6) is 0 Å². The topological polar surface area (TPSA) is 56.1 Å². The Morgan fingerprint density at radius 2 is 1.78 bits per heavy atom. The average molecular weight is 379 g/mol. The molecule has 0 aliphatic rings. The molecule has 27 heavy (non-hydrogen) atoms. The van der Waals surface area contributed by atoms with Gasteiger partial charge in [0.05, 0.1) is 23.7 Å². The van der Waals surface area contributed by atoms with Crippen molar-refractivity contribution in [3.8, 4) is 6.07 Å². The lowest BCUT2D eigenvalue weighted by Crippen LogP contribution is -2.35. The van der Waals surface area contributed by atoms with Crippen LogP contribution in [-0.2, 0) is 11.0 Å². The van der Waals surface area contributed by atoms with Crippen molar-refractivity contribution in [1.82, 2.24) is 5.32 Å². The first-order chi connectivity index (χ1) is 12.8. The van der Waals surface area contributed by atoms with Crippen molar-refractivity contribution in [3.05, 3.63) is 59.4 Å². The van der Waals surface area contributed by atoms with E-state index < -0.39 is 29.0 Å². The number of carbonyl (C=O) groups is 1. The summed E-state index contributed by atoms with van der Waals surface area (Å²) in [5, 5.41) is 11.8. The van der Waals surface area contributed by atoms with Gasteiger partial charge in [-0.05, 0) is 55.4 Å². The van der Waals surface area contributed by atoms with Gasteiger partial charge >= 0.3 is 6.18 Å². The SMILES string of the molecule is CCCNCC(=O)N(c1ccc(F)cc1)c1ccc(C#N)c(C(F)(F)F)c1. The molecule has 0 spiro atoms. The fraction of sp³-hybridized carbons (Fsp3) is 0.263. The molecule has 0 unspecified atom stereocenters. The molecule has 0 heterocycles. The molecular weight excluding hydrogens is 362 g/mol. The Kier molecular flexibility index (Phi) is 6.53. The Labute approximate surface area is 154 Å². The smallest absolute Gasteiger partial charge is 0.308 e. The molecule has 0 atom stereocenters. The van der Waals surface area contributed by atoms with E-state index in [-0.39, 0.29) is 17.9 Å². The molecule has 2 aromatic rings. The molecule has 0 fully saturated rings. The van der Waals surface area contributed by atoms with Crippen molar-refractivity contribution in [1.29, 1.82) is 5.26 Å². The number of hydrogen-bond donors (Lipinski definition) is 1. The summed E-state index contributed by atoms with van der Waals surface area (Å²) in [6.45, 7) is 2.36. The highest BCUT2D eigenvalue weighted by Crippen LogP contribution is 2.36. The molecule has 0 aliphatic heterocycles. The second-order valence-corrected chi connectivity index (χ2v) is 5.72. The summed E-state index contributed by atoms with van der Waals surface area (Å²) >= 11 is 0. The molecule has 0 bridgehead atoms. The maximum Gasteiger partial charge on any atom is 0.417 e. The van der Waals surface area contributed by atoms with E-state index in [1.54, 1.807) is 0 Å². The van der Waals surface area contributed by atoms with Crippen LogP contribution in [0.2, 0.25) is 0 Å². The van der Waals surface area contributed by atoms with Gasteiger partial charge in [0.15, 0.2) is 0 Å². The van der Waals surface area contributed by atoms with E-state index in [4.69, 9.17) is 5.26 Å². The number of benzene rings is 2. The van der Waals surface area contributed by atoms with Gasteiger partial charge in [-0.2, -0.15) is 18.4 Å². The van der Waals surface area contributed by atoms with E-state index in [0.717, 1.165) is 35.6 Å². The van der Waals surface area contributed by atoms with E-state index in [1.165, 1.54) is 24.3 Å². The second-order valence-electron chi connectivity index (χ2n) is 5.72. The first-order valence-corrected chi connectivity index (χ1v) is 8.18. The normalized spacial score (nSPS) is 11.1. The third-order valence-electron chi connectivity index (χ3n) is 3.72. The molecule has 1 amide bonds. The van der Waals surface area contributed by atoms with Gasteiger partial charge < -0.3 is 5.32 Å². The summed E-state index contributed by atoms with van der Waals surface area (Å²) in [6, 6.07) is 9.36. The number of rotatable bonds is 6. The maximum atomic E-state index is 13.3. The standard InChI is InChI=1S/C19H17F4N3O/c1-2-9-25-12-18(27)26(15-7-4-14(20)5-8-15)16-6-3-13(11-24)17(10-16)19(21,22)23/h3-8,10,25H,2,9,12H2,1H3. The maximum absolute atomic E-state index is 13.3. The molecule has 1 N–H and O–H groups in total. The van der Waals surface area contributed by atoms with Crippen LogP contribution in [-0.4, -0.2) is 19.0 Å². The summed E-state index contributed by atoms with van der Waals surface area (Å²) in [4.78, 5) is 13.7. The van der Waals surface area contributed by atoms with Crippen LogP contribution in [0.25, 0.3) is 0 Å². The zero-order valence-electron chi connectivity index (χ0n) is 14.5. The summed E-state index contributed by atoms with van der Waals surface area (Å²) in [5.74, 6) is -1.04. The van der Waals surface area contributed by atoms with Gasteiger partial charge in [0.1, 0.15) is 5.82 Å². The van der Waals surface area contributed by atoms with Crippen LogP contribution >= 0.6 is 0 Å². The number of hydrogen-bond acceptors (Lipinski definition) is 3. The van der Waals surface area contributed by atoms with E-state index in [0.29, 0.717) is 6.54 Å². The highest BCUT2D eigenvalue weighted by molar-refractivity contribution is 6.01. The molecule has 0 saturated heterocycles. The van der Waals surface area contributed by atoms with Gasteiger partial charge in [0, 0.05) is 11.4 Å². The van der Waals surface area contributed by atoms with E-state index in [1.807, 2.05) is 6.92 Å². The van der Waals surface area contributed by atoms with Crippen LogP contribution < -0.4 is 10.2 Å². The van der Waals surface area contributed by atoms with Crippen molar-refractivity contribution in [2.45, 2.75) is 19.5 Å². The lowest BCUT2D eigenvalue weighted by molar-refractivity contribution is -0.137. The first-order valence-electron chi connectivity index (χ1n) is 8.18. The largest absolute Gasteiger partial charge is 0.417 e. The Morgan fingerprint density at radius 1 is 1.15 bits per heavy atom. The minimum atomic E-state index is -4.75. The van der Waals surface area contributed by atoms with Gasteiger partial charge in [-0.25, -0.2) is 4.39 Å². The number of amides is 1. The molecule has 0 aliphatic carbocycles. The Bertz CT molecular complexity index is 842. The highest BCUT2D eigenvalue weighted by Gasteiger charge is 2.34. The molecule has 2 rings (SSSR count). The zero-order valence-corrected chi connectivity index (χ0v) is 14.5. The Morgan fingerprint density at radius 3 is 2.33 bits per heavy atom. The third kappa shape index (κ3) is 5.05. The quantitative estimate of drug-likeness (QED) is 0.599. The average Bonchev–Trinajstić information content (AvgIpc) is 2.63. The molecule has 8 heteroatoms. The summed E-state index contributed by atoms with van der Waals surface area (Å²) in [7, 11) is 0. The first kappa shape index (κ1) is 20.4. The van der Waals surface area contributed by atoms with Crippen LogP contribution in [0.4, 0.5) is 28.9 Å². The highest BCUT2D eigenvalue weighted by atomic mass is 19.4. The molecule has 0 saturated carbocycles. The van der Waals surface area contributed by atoms with Crippen molar-refractivity contribution in [2.24, 2.45) is 0 Å². The van der Waals surface area contributed by atoms with Crippen molar-refractivity contribution >= 4 is 17.3 Å². The van der Waals surface area contributed by atoms with E-state index >= 15 is 0 Å². The number of anilines is 2. The molecule has 0 radical (unpaired) electrons. The fourth-order valence-electron chi connectivity index (χ4n) is 2.48. The van der Waals surface area contributed by atoms with Gasteiger partial charge in [0.2, 0.25) is 5.91 Å². The predicted octanol–water partition coefficient (Wildman–Crippen LogP) is 4.38. The minimum absolute atomic E-state index is 0.0590. The number of nitrogens with one attached hydrogen (secondary N) is 1. The fourth-order valence-corrected chi connectivity index (χ4v) is 2.48. The number of nitriles is 1. The summed E-state index contributed by atoms with van der Waals surface area (Å²) in [6.07, 6.45) is -3.97. The zero-order chi connectivity index (χ0) is 20.0. The third-order valence-corrected chi connectivity index (χ3v) is 3.72. The van der Waals surface area contributed by atoms with Crippen molar-refractivity contribution in [3.63, 3.8) is 0 Å². The Hall–Kier alpha value is -2.92. The number of halogens is 4. The monoisotopic (exact) mass is 379 g/mol. The van der Waals surface area contributed by atoms with Gasteiger partial charge in [0.25, 0.3) is 0 Å². The van der Waals surface area contributed by atoms with Crippen LogP contribution in [0.15, 0.2) is 42.5 Å². The lowest BCUT2D eigenvalue weighted by Gasteiger charge is -2.24. The molecule has 142 valence electrons. The van der Waals surface area contributed by atoms with Crippen LogP contribution in [0, 0.1) is 17.1 Å². The van der Waals surface area contributed by atoms with Gasteiger partial charge in [-0.1, -0.05) is 6.92 Å². The minimum Gasteiger partial charge on any atom is -0.308 e. The Balaban J connectivity index is 2.51. The molecule has 4 nitrogen and oxygen atoms in total. The molecular formula is C19H17F4N3O. The summed E-state index contributed by atoms with van der Waals surface area (Å²) in [5.41, 5.74) is -1.51. The number of nitrogens with zero attached hydrogens (tertiary/aromatic N) is 2. The van der Waals surface area contributed by atoms with Crippen LogP contribution in [0.3, 0.4) is 0 Å². The lowest BCUT2D eigenvalue weighted by atomic mass is 10.1. The molecule has 2 aromatic carbocycles. The number of carbonyl (C=O) groups excluding carboxylic acids is 1. The van der Waals surface area contributed by atoms with Gasteiger partial charge in [-0.15, -0.1) is 0 Å². The van der Waals surface area contributed by atoms with E-state index in [2.05, 4.69) is 5.32 Å². The molecule has 0 aromatic heterocycles. The van der Waals surface area contributed by atoms with E-state index in [9.17, 15) is 22.4 Å². The number of alkyl halides is 3. The summed E-state index contributed by atoms with van der Waals surface area (Å²) < 4.78 is 53.0. The van der Waals surface area contributed by atoms with Crippen molar-refractivity contribution in [2.75, 3.05) is 18.0 Å². The predicted molar refractivity (Wildman–Crippen MR) is 92.9 cm³/mol.